The molecule has 32 heavy (non-hydrogen) atoms. The van der Waals surface area contributed by atoms with Gasteiger partial charge in [-0.3, -0.25) is 4.79 Å². The van der Waals surface area contributed by atoms with Gasteiger partial charge in [-0.2, -0.15) is 4.98 Å². The predicted molar refractivity (Wildman–Crippen MR) is 114 cm³/mol. The van der Waals surface area contributed by atoms with E-state index in [0.717, 1.165) is 56.8 Å². The highest BCUT2D eigenvalue weighted by molar-refractivity contribution is 5.76. The number of hydrogen-bond donors (Lipinski definition) is 0. The molecule has 1 aromatic carbocycles. The fourth-order valence-electron chi connectivity index (χ4n) is 4.69. The fraction of sp³-hybridized carbons (Fsp3) is 0.522. The standard InChI is InChI=1S/C23H27FN6O2/c24-17-12-10-16(11-13-17)22-25-20(32-28-22)8-4-9-21(31)29-15-5-6-18(29)23-27-26-19-7-2-1-3-14-30(19)23/h10-13,18H,1-9,14-15H2. The number of benzene rings is 1. The van der Waals surface area contributed by atoms with Crippen LogP contribution in [0.2, 0.25) is 0 Å². The van der Waals surface area contributed by atoms with Crippen molar-refractivity contribution in [2.45, 2.75) is 70.4 Å². The number of amides is 1. The summed E-state index contributed by atoms with van der Waals surface area (Å²) in [7, 11) is 0. The zero-order valence-electron chi connectivity index (χ0n) is 18.0. The normalized spacial score (nSPS) is 18.5. The number of carbonyl (C=O) groups excluding carboxylic acids is 1. The van der Waals surface area contributed by atoms with Crippen LogP contribution < -0.4 is 0 Å². The van der Waals surface area contributed by atoms with Gasteiger partial charge in [0.1, 0.15) is 11.6 Å². The summed E-state index contributed by atoms with van der Waals surface area (Å²) in [4.78, 5) is 19.3. The molecular weight excluding hydrogens is 411 g/mol. The van der Waals surface area contributed by atoms with E-state index >= 15 is 0 Å². The van der Waals surface area contributed by atoms with Crippen LogP contribution in [0.1, 0.15) is 68.5 Å². The van der Waals surface area contributed by atoms with E-state index in [1.165, 1.54) is 18.6 Å². The van der Waals surface area contributed by atoms with Gasteiger partial charge in [0.15, 0.2) is 5.82 Å². The van der Waals surface area contributed by atoms with Crippen LogP contribution in [-0.2, 0) is 24.2 Å². The van der Waals surface area contributed by atoms with E-state index in [2.05, 4.69) is 24.9 Å². The lowest BCUT2D eigenvalue weighted by molar-refractivity contribution is -0.132. The molecular formula is C23H27FN6O2. The SMILES string of the molecule is O=C(CCCc1nc(-c2ccc(F)cc2)no1)N1CCCC1c1nnc2n1CCCCC2. The van der Waals surface area contributed by atoms with E-state index in [-0.39, 0.29) is 17.8 Å². The van der Waals surface area contributed by atoms with Crippen molar-refractivity contribution in [2.75, 3.05) is 6.54 Å². The smallest absolute Gasteiger partial charge is 0.226 e. The zero-order valence-corrected chi connectivity index (χ0v) is 18.0. The maximum Gasteiger partial charge on any atom is 0.226 e. The predicted octanol–water partition coefficient (Wildman–Crippen LogP) is 3.88. The van der Waals surface area contributed by atoms with Gasteiger partial charge in [-0.15, -0.1) is 10.2 Å². The zero-order chi connectivity index (χ0) is 21.9. The van der Waals surface area contributed by atoms with Crippen LogP contribution in [0.15, 0.2) is 28.8 Å². The van der Waals surface area contributed by atoms with Gasteiger partial charge in [0, 0.05) is 37.9 Å². The molecule has 0 N–H and O–H groups in total. The number of aromatic nitrogens is 5. The van der Waals surface area contributed by atoms with Crippen LogP contribution in [0.5, 0.6) is 0 Å². The molecule has 0 aliphatic carbocycles. The number of aryl methyl sites for hydroxylation is 2. The molecule has 0 spiro atoms. The van der Waals surface area contributed by atoms with E-state index in [4.69, 9.17) is 4.52 Å². The first kappa shape index (κ1) is 20.8. The maximum atomic E-state index is 13.1. The summed E-state index contributed by atoms with van der Waals surface area (Å²) in [5.74, 6) is 2.75. The first-order valence-electron chi connectivity index (χ1n) is 11.5. The molecule has 2 aromatic heterocycles. The molecule has 0 radical (unpaired) electrons. The number of rotatable bonds is 6. The third-order valence-electron chi connectivity index (χ3n) is 6.36. The van der Waals surface area contributed by atoms with E-state index in [1.54, 1.807) is 12.1 Å². The van der Waals surface area contributed by atoms with Gasteiger partial charge in [0.25, 0.3) is 0 Å². The lowest BCUT2D eigenvalue weighted by atomic mass is 10.1. The van der Waals surface area contributed by atoms with Crippen molar-refractivity contribution >= 4 is 5.91 Å². The van der Waals surface area contributed by atoms with Crippen molar-refractivity contribution in [2.24, 2.45) is 0 Å². The molecule has 5 rings (SSSR count). The Balaban J connectivity index is 1.18. The molecule has 1 atom stereocenters. The maximum absolute atomic E-state index is 13.1. The first-order valence-corrected chi connectivity index (χ1v) is 11.5. The number of fused-ring (bicyclic) bond motifs is 1. The van der Waals surface area contributed by atoms with Gasteiger partial charge in [-0.05, 0) is 56.4 Å². The van der Waals surface area contributed by atoms with E-state index in [0.29, 0.717) is 36.5 Å². The molecule has 0 bridgehead atoms. The first-order chi connectivity index (χ1) is 15.7. The van der Waals surface area contributed by atoms with Crippen molar-refractivity contribution in [1.29, 1.82) is 0 Å². The number of carbonyl (C=O) groups is 1. The Morgan fingerprint density at radius 3 is 2.84 bits per heavy atom. The number of nitrogens with zero attached hydrogens (tertiary/aromatic N) is 6. The lowest BCUT2D eigenvalue weighted by Gasteiger charge is -2.24. The van der Waals surface area contributed by atoms with Gasteiger partial charge in [0.2, 0.25) is 17.6 Å². The quantitative estimate of drug-likeness (QED) is 0.580. The molecule has 4 heterocycles. The summed E-state index contributed by atoms with van der Waals surface area (Å²) >= 11 is 0. The molecule has 1 amide bonds. The summed E-state index contributed by atoms with van der Waals surface area (Å²) in [6.45, 7) is 1.71. The Bertz CT molecular complexity index is 1080. The Morgan fingerprint density at radius 1 is 1.09 bits per heavy atom. The van der Waals surface area contributed by atoms with Gasteiger partial charge >= 0.3 is 0 Å². The van der Waals surface area contributed by atoms with Crippen LogP contribution in [0.4, 0.5) is 4.39 Å². The highest BCUT2D eigenvalue weighted by Gasteiger charge is 2.34. The van der Waals surface area contributed by atoms with Crippen LogP contribution in [0, 0.1) is 5.82 Å². The highest BCUT2D eigenvalue weighted by atomic mass is 19.1. The minimum absolute atomic E-state index is 0.0235. The molecule has 1 fully saturated rings. The second-order valence-corrected chi connectivity index (χ2v) is 8.55. The average Bonchev–Trinajstić information content (AvgIpc) is 3.51. The summed E-state index contributed by atoms with van der Waals surface area (Å²) in [6.07, 6.45) is 7.99. The largest absolute Gasteiger partial charge is 0.339 e. The molecule has 0 saturated carbocycles. The third-order valence-corrected chi connectivity index (χ3v) is 6.36. The van der Waals surface area contributed by atoms with E-state index in [1.807, 2.05) is 4.90 Å². The average molecular weight is 439 g/mol. The molecule has 1 unspecified atom stereocenters. The van der Waals surface area contributed by atoms with Gasteiger partial charge in [-0.25, -0.2) is 4.39 Å². The van der Waals surface area contributed by atoms with Crippen LogP contribution in [-0.4, -0.2) is 42.3 Å². The molecule has 8 nitrogen and oxygen atoms in total. The Labute approximate surface area is 185 Å². The van der Waals surface area contributed by atoms with Gasteiger partial charge in [-0.1, -0.05) is 11.6 Å². The van der Waals surface area contributed by atoms with Crippen LogP contribution in [0.3, 0.4) is 0 Å². The Morgan fingerprint density at radius 2 is 1.97 bits per heavy atom. The van der Waals surface area contributed by atoms with Crippen molar-refractivity contribution in [1.82, 2.24) is 29.8 Å². The second-order valence-electron chi connectivity index (χ2n) is 8.55. The van der Waals surface area contributed by atoms with Crippen LogP contribution >= 0.6 is 0 Å². The summed E-state index contributed by atoms with van der Waals surface area (Å²) in [5.41, 5.74) is 0.699. The van der Waals surface area contributed by atoms with E-state index < -0.39 is 0 Å². The summed E-state index contributed by atoms with van der Waals surface area (Å²) < 4.78 is 20.6. The van der Waals surface area contributed by atoms with Gasteiger partial charge in [0.05, 0.1) is 6.04 Å². The number of halogens is 1. The lowest BCUT2D eigenvalue weighted by Crippen LogP contribution is -2.32. The number of hydrogen-bond acceptors (Lipinski definition) is 6. The molecule has 1 saturated heterocycles. The second kappa shape index (κ2) is 9.18. The van der Waals surface area contributed by atoms with Crippen LogP contribution in [0.25, 0.3) is 11.4 Å². The molecule has 2 aliphatic heterocycles. The summed E-state index contributed by atoms with van der Waals surface area (Å²) in [6, 6.07) is 5.99. The van der Waals surface area contributed by atoms with Crippen molar-refractivity contribution in [3.63, 3.8) is 0 Å². The third kappa shape index (κ3) is 4.28. The Hall–Kier alpha value is -3.10. The van der Waals surface area contributed by atoms with E-state index in [9.17, 15) is 9.18 Å². The fourth-order valence-corrected chi connectivity index (χ4v) is 4.69. The van der Waals surface area contributed by atoms with Gasteiger partial charge < -0.3 is 14.0 Å². The summed E-state index contributed by atoms with van der Waals surface area (Å²) in [5, 5.41) is 12.9. The van der Waals surface area contributed by atoms with Crippen molar-refractivity contribution < 1.29 is 13.7 Å². The minimum atomic E-state index is -0.307. The topological polar surface area (TPSA) is 89.9 Å². The Kier molecular flexibility index (Phi) is 5.96. The highest BCUT2D eigenvalue weighted by Crippen LogP contribution is 2.33. The van der Waals surface area contributed by atoms with Crippen molar-refractivity contribution in [3.8, 4) is 11.4 Å². The monoisotopic (exact) mass is 438 g/mol. The molecule has 9 heteroatoms. The van der Waals surface area contributed by atoms with Crippen molar-refractivity contribution in [3.05, 3.63) is 47.6 Å². The molecule has 3 aromatic rings. The number of likely N-dealkylation sites (tertiary alicyclic amines) is 1. The molecule has 2 aliphatic rings. The minimum Gasteiger partial charge on any atom is -0.339 e. The molecule has 168 valence electrons.